The van der Waals surface area contributed by atoms with Crippen LogP contribution in [0.5, 0.6) is 0 Å². The highest BCUT2D eigenvalue weighted by Gasteiger charge is 2.47. The highest BCUT2D eigenvalue weighted by molar-refractivity contribution is 5.77. The van der Waals surface area contributed by atoms with Crippen LogP contribution in [0.15, 0.2) is 36.5 Å². The summed E-state index contributed by atoms with van der Waals surface area (Å²) >= 11 is 0. The summed E-state index contributed by atoms with van der Waals surface area (Å²) in [4.78, 5) is 0. The minimum atomic E-state index is 0.175. The molecule has 2 aliphatic rings. The van der Waals surface area contributed by atoms with E-state index in [0.29, 0.717) is 0 Å². The van der Waals surface area contributed by atoms with Gasteiger partial charge in [-0.3, -0.25) is 0 Å². The predicted octanol–water partition coefficient (Wildman–Crippen LogP) is 2.57. The second-order valence-corrected chi connectivity index (χ2v) is 3.86. The lowest BCUT2D eigenvalue weighted by atomic mass is 10.1. The lowest BCUT2D eigenvalue weighted by Crippen LogP contribution is -2.32. The van der Waals surface area contributed by atoms with Gasteiger partial charge in [-0.15, -0.1) is 0 Å². The van der Waals surface area contributed by atoms with Crippen LogP contribution in [0, 0.1) is 0 Å². The molecule has 3 rings (SSSR count). The molecular formula is C11H12N2. The van der Waals surface area contributed by atoms with Gasteiger partial charge in [0.1, 0.15) is 0 Å². The van der Waals surface area contributed by atoms with Crippen molar-refractivity contribution in [1.82, 2.24) is 0 Å². The molecule has 0 unspecified atom stereocenters. The van der Waals surface area contributed by atoms with Crippen LogP contribution in [0.4, 0.5) is 11.4 Å². The molecule has 0 radical (unpaired) electrons. The first-order chi connectivity index (χ1) is 6.30. The lowest BCUT2D eigenvalue weighted by molar-refractivity contribution is 0.852. The Hall–Kier alpha value is -1.44. The number of nitrogens with one attached hydrogen (secondary N) is 2. The van der Waals surface area contributed by atoms with Gasteiger partial charge in [-0.1, -0.05) is 18.7 Å². The van der Waals surface area contributed by atoms with Crippen LogP contribution in [-0.2, 0) is 0 Å². The van der Waals surface area contributed by atoms with Crippen LogP contribution in [0.25, 0.3) is 0 Å². The van der Waals surface area contributed by atoms with Crippen LogP contribution in [0.1, 0.15) is 12.8 Å². The Morgan fingerprint density at radius 2 is 1.85 bits per heavy atom. The number of benzene rings is 1. The van der Waals surface area contributed by atoms with E-state index in [-0.39, 0.29) is 5.54 Å². The monoisotopic (exact) mass is 172 g/mol. The molecule has 1 aromatic carbocycles. The third kappa shape index (κ3) is 0.886. The van der Waals surface area contributed by atoms with Gasteiger partial charge >= 0.3 is 0 Å². The van der Waals surface area contributed by atoms with Gasteiger partial charge in [0.2, 0.25) is 0 Å². The molecule has 66 valence electrons. The van der Waals surface area contributed by atoms with E-state index >= 15 is 0 Å². The third-order valence-corrected chi connectivity index (χ3v) is 2.91. The van der Waals surface area contributed by atoms with Crippen molar-refractivity contribution in [3.8, 4) is 0 Å². The quantitative estimate of drug-likeness (QED) is 0.628. The number of fused-ring (bicyclic) bond motifs is 1. The van der Waals surface area contributed by atoms with Gasteiger partial charge < -0.3 is 10.6 Å². The predicted molar refractivity (Wildman–Crippen MR) is 54.8 cm³/mol. The summed E-state index contributed by atoms with van der Waals surface area (Å²) in [6, 6.07) is 8.26. The Labute approximate surface area is 77.7 Å². The molecule has 2 N–H and O–H groups in total. The molecule has 1 aromatic rings. The smallest absolute Gasteiger partial charge is 0.0770 e. The van der Waals surface area contributed by atoms with Gasteiger partial charge in [-0.25, -0.2) is 0 Å². The van der Waals surface area contributed by atoms with Crippen molar-refractivity contribution in [2.45, 2.75) is 18.4 Å². The Morgan fingerprint density at radius 1 is 1.15 bits per heavy atom. The minimum Gasteiger partial charge on any atom is -0.372 e. The van der Waals surface area contributed by atoms with Crippen molar-refractivity contribution in [1.29, 1.82) is 0 Å². The van der Waals surface area contributed by atoms with Gasteiger partial charge in [0.05, 0.1) is 16.9 Å². The van der Waals surface area contributed by atoms with Gasteiger partial charge in [0.15, 0.2) is 0 Å². The maximum atomic E-state index is 4.05. The fourth-order valence-electron chi connectivity index (χ4n) is 1.87. The van der Waals surface area contributed by atoms with E-state index in [1.807, 2.05) is 6.07 Å². The second-order valence-electron chi connectivity index (χ2n) is 3.86. The van der Waals surface area contributed by atoms with Crippen LogP contribution >= 0.6 is 0 Å². The number of para-hydroxylation sites is 2. The molecule has 2 heteroatoms. The first-order valence-corrected chi connectivity index (χ1v) is 4.64. The van der Waals surface area contributed by atoms with Gasteiger partial charge in [-0.2, -0.15) is 0 Å². The number of hydrogen-bond donors (Lipinski definition) is 2. The topological polar surface area (TPSA) is 24.1 Å². The normalized spacial score (nSPS) is 21.7. The number of rotatable bonds is 0. The molecule has 0 atom stereocenters. The van der Waals surface area contributed by atoms with Gasteiger partial charge in [-0.05, 0) is 25.0 Å². The molecule has 1 aliphatic heterocycles. The Morgan fingerprint density at radius 3 is 2.54 bits per heavy atom. The van der Waals surface area contributed by atoms with E-state index in [1.165, 1.54) is 18.5 Å². The van der Waals surface area contributed by atoms with E-state index in [2.05, 4.69) is 35.4 Å². The third-order valence-electron chi connectivity index (χ3n) is 2.91. The van der Waals surface area contributed by atoms with Crippen molar-refractivity contribution in [3.05, 3.63) is 36.5 Å². The fourth-order valence-corrected chi connectivity index (χ4v) is 1.87. The molecule has 1 aliphatic carbocycles. The summed E-state index contributed by atoms with van der Waals surface area (Å²) in [5, 5.41) is 6.89. The van der Waals surface area contributed by atoms with Crippen molar-refractivity contribution in [3.63, 3.8) is 0 Å². The maximum absolute atomic E-state index is 4.05. The minimum absolute atomic E-state index is 0.175. The van der Waals surface area contributed by atoms with Crippen LogP contribution in [0.2, 0.25) is 0 Å². The van der Waals surface area contributed by atoms with E-state index in [9.17, 15) is 0 Å². The molecule has 1 fully saturated rings. The highest BCUT2D eigenvalue weighted by Crippen LogP contribution is 2.48. The zero-order valence-electron chi connectivity index (χ0n) is 7.43. The molecule has 1 saturated carbocycles. The summed E-state index contributed by atoms with van der Waals surface area (Å²) in [5.74, 6) is 0. The summed E-state index contributed by atoms with van der Waals surface area (Å²) < 4.78 is 0. The number of anilines is 2. The maximum Gasteiger partial charge on any atom is 0.0770 e. The van der Waals surface area contributed by atoms with E-state index < -0.39 is 0 Å². The second kappa shape index (κ2) is 2.08. The SMILES string of the molecule is C=C1Nc2ccccc2NC12CC2. The van der Waals surface area contributed by atoms with Crippen LogP contribution in [0.3, 0.4) is 0 Å². The average molecular weight is 172 g/mol. The number of hydrogen-bond acceptors (Lipinski definition) is 2. The van der Waals surface area contributed by atoms with E-state index in [0.717, 1.165) is 11.4 Å². The van der Waals surface area contributed by atoms with Crippen molar-refractivity contribution in [2.24, 2.45) is 0 Å². The summed E-state index contributed by atoms with van der Waals surface area (Å²) in [5.41, 5.74) is 3.64. The zero-order chi connectivity index (χ0) is 8.89. The van der Waals surface area contributed by atoms with Crippen LogP contribution < -0.4 is 10.6 Å². The molecular weight excluding hydrogens is 160 g/mol. The Bertz CT molecular complexity index is 377. The van der Waals surface area contributed by atoms with Gasteiger partial charge in [0, 0.05) is 5.70 Å². The first-order valence-electron chi connectivity index (χ1n) is 4.64. The standard InChI is InChI=1S/C11H12N2/c1-8-11(6-7-11)13-10-5-3-2-4-9(10)12-8/h2-5,12-13H,1,6-7H2. The summed E-state index contributed by atoms with van der Waals surface area (Å²) in [6.45, 7) is 4.05. The molecule has 0 amide bonds. The van der Waals surface area contributed by atoms with E-state index in [1.54, 1.807) is 0 Å². The molecule has 1 heterocycles. The highest BCUT2D eigenvalue weighted by atomic mass is 15.1. The summed E-state index contributed by atoms with van der Waals surface area (Å²) in [6.07, 6.45) is 2.40. The van der Waals surface area contributed by atoms with Crippen LogP contribution in [-0.4, -0.2) is 5.54 Å². The Balaban J connectivity index is 2.07. The van der Waals surface area contributed by atoms with Crippen molar-refractivity contribution in [2.75, 3.05) is 10.6 Å². The molecule has 0 bridgehead atoms. The largest absolute Gasteiger partial charge is 0.372 e. The first kappa shape index (κ1) is 7.01. The molecule has 0 saturated heterocycles. The molecule has 1 spiro atoms. The van der Waals surface area contributed by atoms with E-state index in [4.69, 9.17) is 0 Å². The molecule has 2 nitrogen and oxygen atoms in total. The molecule has 0 aromatic heterocycles. The lowest BCUT2D eigenvalue weighted by Gasteiger charge is -2.30. The van der Waals surface area contributed by atoms with Crippen molar-refractivity contribution >= 4 is 11.4 Å². The zero-order valence-corrected chi connectivity index (χ0v) is 7.43. The van der Waals surface area contributed by atoms with Crippen molar-refractivity contribution < 1.29 is 0 Å². The molecule has 13 heavy (non-hydrogen) atoms. The van der Waals surface area contributed by atoms with Gasteiger partial charge in [0.25, 0.3) is 0 Å². The Kier molecular flexibility index (Phi) is 1.12. The fraction of sp³-hybridized carbons (Fsp3) is 0.273. The summed E-state index contributed by atoms with van der Waals surface area (Å²) in [7, 11) is 0. The average Bonchev–Trinajstić information content (AvgIpc) is 2.88.